The molecular formula is C10H16N4. The summed E-state index contributed by atoms with van der Waals surface area (Å²) in [6, 6.07) is 2.42. The number of hydrogen-bond acceptors (Lipinski definition) is 3. The summed E-state index contributed by atoms with van der Waals surface area (Å²) in [5.74, 6) is 0. The Kier molecular flexibility index (Phi) is 4.14. The number of nitrogens with one attached hydrogen (secondary N) is 1. The van der Waals surface area contributed by atoms with Crippen molar-refractivity contribution >= 4 is 0 Å². The van der Waals surface area contributed by atoms with Gasteiger partial charge in [-0.05, 0) is 25.5 Å². The van der Waals surface area contributed by atoms with Gasteiger partial charge in [0.2, 0.25) is 0 Å². The Hall–Kier alpha value is -1.34. The smallest absolute Gasteiger partial charge is 0.0638 e. The Balaban J connectivity index is 2.19. The second kappa shape index (κ2) is 5.40. The number of nitriles is 1. The van der Waals surface area contributed by atoms with E-state index in [0.29, 0.717) is 6.42 Å². The Labute approximate surface area is 84.5 Å². The van der Waals surface area contributed by atoms with Crippen molar-refractivity contribution in [2.75, 3.05) is 6.54 Å². The minimum absolute atomic E-state index is 0.275. The molecule has 0 aliphatic carbocycles. The SMILES string of the molecule is CC(CC#N)NCCc1cnn(C)c1. The predicted octanol–water partition coefficient (Wildman–Crippen LogP) is 0.854. The zero-order chi connectivity index (χ0) is 10.4. The van der Waals surface area contributed by atoms with E-state index in [9.17, 15) is 0 Å². The molecule has 1 heterocycles. The summed E-state index contributed by atoms with van der Waals surface area (Å²) >= 11 is 0. The molecule has 4 heteroatoms. The lowest BCUT2D eigenvalue weighted by atomic mass is 10.2. The average molecular weight is 192 g/mol. The van der Waals surface area contributed by atoms with E-state index in [0.717, 1.165) is 13.0 Å². The van der Waals surface area contributed by atoms with Crippen LogP contribution in [0.15, 0.2) is 12.4 Å². The lowest BCUT2D eigenvalue weighted by molar-refractivity contribution is 0.560. The van der Waals surface area contributed by atoms with Crippen LogP contribution in [-0.2, 0) is 13.5 Å². The number of hydrogen-bond donors (Lipinski definition) is 1. The molecule has 0 aliphatic rings. The van der Waals surface area contributed by atoms with Crippen LogP contribution in [0.2, 0.25) is 0 Å². The molecule has 0 saturated carbocycles. The van der Waals surface area contributed by atoms with Crippen LogP contribution in [0.25, 0.3) is 0 Å². The standard InChI is InChI=1S/C10H16N4/c1-9(3-5-11)12-6-4-10-7-13-14(2)8-10/h7-9,12H,3-4,6H2,1-2H3. The van der Waals surface area contributed by atoms with Crippen molar-refractivity contribution in [3.8, 4) is 6.07 Å². The largest absolute Gasteiger partial charge is 0.313 e. The second-order valence-electron chi connectivity index (χ2n) is 3.49. The van der Waals surface area contributed by atoms with Crippen LogP contribution in [0.1, 0.15) is 18.9 Å². The lowest BCUT2D eigenvalue weighted by Gasteiger charge is -2.08. The van der Waals surface area contributed by atoms with Crippen molar-refractivity contribution in [3.63, 3.8) is 0 Å². The summed E-state index contributed by atoms with van der Waals surface area (Å²) in [6.45, 7) is 2.92. The molecule has 0 bridgehead atoms. The summed E-state index contributed by atoms with van der Waals surface area (Å²) < 4.78 is 1.80. The van der Waals surface area contributed by atoms with Gasteiger partial charge in [0.1, 0.15) is 0 Å². The maximum atomic E-state index is 8.45. The van der Waals surface area contributed by atoms with Crippen LogP contribution in [0.4, 0.5) is 0 Å². The molecule has 1 rings (SSSR count). The molecule has 0 aromatic carbocycles. The van der Waals surface area contributed by atoms with Gasteiger partial charge in [0.05, 0.1) is 18.7 Å². The highest BCUT2D eigenvalue weighted by atomic mass is 15.2. The summed E-state index contributed by atoms with van der Waals surface area (Å²) in [4.78, 5) is 0. The molecule has 14 heavy (non-hydrogen) atoms. The van der Waals surface area contributed by atoms with Crippen molar-refractivity contribution in [2.45, 2.75) is 25.8 Å². The van der Waals surface area contributed by atoms with Gasteiger partial charge in [0.25, 0.3) is 0 Å². The van der Waals surface area contributed by atoms with Gasteiger partial charge in [0, 0.05) is 19.3 Å². The van der Waals surface area contributed by atoms with Crippen LogP contribution in [0, 0.1) is 11.3 Å². The molecule has 0 radical (unpaired) electrons. The molecular weight excluding hydrogens is 176 g/mol. The van der Waals surface area contributed by atoms with Gasteiger partial charge in [0.15, 0.2) is 0 Å². The van der Waals surface area contributed by atoms with Crippen LogP contribution >= 0.6 is 0 Å². The van der Waals surface area contributed by atoms with Gasteiger partial charge < -0.3 is 5.32 Å². The molecule has 1 aromatic rings. The van der Waals surface area contributed by atoms with Crippen molar-refractivity contribution in [3.05, 3.63) is 18.0 Å². The molecule has 76 valence electrons. The van der Waals surface area contributed by atoms with E-state index in [2.05, 4.69) is 16.5 Å². The van der Waals surface area contributed by atoms with Crippen LogP contribution < -0.4 is 5.32 Å². The first-order valence-corrected chi connectivity index (χ1v) is 4.80. The van der Waals surface area contributed by atoms with E-state index in [1.165, 1.54) is 5.56 Å². The van der Waals surface area contributed by atoms with E-state index in [4.69, 9.17) is 5.26 Å². The van der Waals surface area contributed by atoms with E-state index < -0.39 is 0 Å². The van der Waals surface area contributed by atoms with Crippen LogP contribution in [0.3, 0.4) is 0 Å². The third kappa shape index (κ3) is 3.58. The number of aromatic nitrogens is 2. The van der Waals surface area contributed by atoms with Crippen LogP contribution in [0.5, 0.6) is 0 Å². The molecule has 0 spiro atoms. The Morgan fingerprint density at radius 3 is 3.07 bits per heavy atom. The molecule has 0 fully saturated rings. The highest BCUT2D eigenvalue weighted by Gasteiger charge is 2.00. The molecule has 0 aliphatic heterocycles. The van der Waals surface area contributed by atoms with Gasteiger partial charge in [-0.2, -0.15) is 10.4 Å². The normalized spacial score (nSPS) is 12.4. The summed E-state index contributed by atoms with van der Waals surface area (Å²) in [6.07, 6.45) is 5.41. The fourth-order valence-corrected chi connectivity index (χ4v) is 1.27. The lowest BCUT2D eigenvalue weighted by Crippen LogP contribution is -2.27. The van der Waals surface area contributed by atoms with Crippen molar-refractivity contribution in [1.82, 2.24) is 15.1 Å². The van der Waals surface area contributed by atoms with Gasteiger partial charge in [-0.15, -0.1) is 0 Å². The van der Waals surface area contributed by atoms with Gasteiger partial charge in [-0.25, -0.2) is 0 Å². The van der Waals surface area contributed by atoms with Crippen molar-refractivity contribution < 1.29 is 0 Å². The van der Waals surface area contributed by atoms with E-state index in [-0.39, 0.29) is 6.04 Å². The Morgan fingerprint density at radius 1 is 1.71 bits per heavy atom. The Bertz CT molecular complexity index is 310. The summed E-state index contributed by atoms with van der Waals surface area (Å²) in [5.41, 5.74) is 1.23. The fraction of sp³-hybridized carbons (Fsp3) is 0.600. The molecule has 0 amide bonds. The van der Waals surface area contributed by atoms with Gasteiger partial charge in [-0.1, -0.05) is 0 Å². The molecule has 0 saturated heterocycles. The zero-order valence-electron chi connectivity index (χ0n) is 8.70. The van der Waals surface area contributed by atoms with Gasteiger partial charge in [-0.3, -0.25) is 4.68 Å². The molecule has 1 aromatic heterocycles. The minimum Gasteiger partial charge on any atom is -0.313 e. The number of aryl methyl sites for hydroxylation is 1. The third-order valence-electron chi connectivity index (χ3n) is 2.06. The summed E-state index contributed by atoms with van der Waals surface area (Å²) in [5, 5.41) is 15.8. The van der Waals surface area contributed by atoms with Crippen molar-refractivity contribution in [2.24, 2.45) is 7.05 Å². The minimum atomic E-state index is 0.275. The first kappa shape index (κ1) is 10.7. The summed E-state index contributed by atoms with van der Waals surface area (Å²) in [7, 11) is 1.91. The molecule has 1 atom stereocenters. The highest BCUT2D eigenvalue weighted by Crippen LogP contribution is 1.97. The van der Waals surface area contributed by atoms with Gasteiger partial charge >= 0.3 is 0 Å². The molecule has 1 unspecified atom stereocenters. The van der Waals surface area contributed by atoms with Crippen LogP contribution in [-0.4, -0.2) is 22.4 Å². The second-order valence-corrected chi connectivity index (χ2v) is 3.49. The topological polar surface area (TPSA) is 53.6 Å². The zero-order valence-corrected chi connectivity index (χ0v) is 8.70. The fourth-order valence-electron chi connectivity index (χ4n) is 1.27. The van der Waals surface area contributed by atoms with E-state index >= 15 is 0 Å². The molecule has 1 N–H and O–H groups in total. The monoisotopic (exact) mass is 192 g/mol. The highest BCUT2D eigenvalue weighted by molar-refractivity contribution is 5.03. The maximum Gasteiger partial charge on any atom is 0.0638 e. The van der Waals surface area contributed by atoms with E-state index in [1.54, 1.807) is 4.68 Å². The molecule has 4 nitrogen and oxygen atoms in total. The Morgan fingerprint density at radius 2 is 2.50 bits per heavy atom. The number of nitrogens with zero attached hydrogens (tertiary/aromatic N) is 3. The predicted molar refractivity (Wildman–Crippen MR) is 54.6 cm³/mol. The first-order chi connectivity index (χ1) is 6.72. The maximum absolute atomic E-state index is 8.45. The quantitative estimate of drug-likeness (QED) is 0.752. The van der Waals surface area contributed by atoms with E-state index in [1.807, 2.05) is 26.4 Å². The first-order valence-electron chi connectivity index (χ1n) is 4.80. The average Bonchev–Trinajstić information content (AvgIpc) is 2.52. The number of rotatable bonds is 5. The van der Waals surface area contributed by atoms with Crippen molar-refractivity contribution in [1.29, 1.82) is 5.26 Å². The third-order valence-corrected chi connectivity index (χ3v) is 2.06.